The molecule has 0 saturated carbocycles. The van der Waals surface area contributed by atoms with Gasteiger partial charge in [-0.05, 0) is 19.1 Å². The SMILES string of the molecule is CCN(Cc1ccc(Cl)s1)C(=O)C(N)CC(N)=O. The molecule has 0 radical (unpaired) electrons. The van der Waals surface area contributed by atoms with Gasteiger partial charge in [0, 0.05) is 11.4 Å². The minimum absolute atomic E-state index is 0.138. The van der Waals surface area contributed by atoms with Crippen molar-refractivity contribution in [3.8, 4) is 0 Å². The molecule has 2 amide bonds. The van der Waals surface area contributed by atoms with Crippen LogP contribution in [-0.2, 0) is 16.1 Å². The molecule has 100 valence electrons. The lowest BCUT2D eigenvalue weighted by atomic mass is 10.2. The van der Waals surface area contributed by atoms with Crippen LogP contribution in [0.4, 0.5) is 0 Å². The summed E-state index contributed by atoms with van der Waals surface area (Å²) in [5.41, 5.74) is 10.7. The highest BCUT2D eigenvalue weighted by atomic mass is 35.5. The Morgan fingerprint density at radius 1 is 1.50 bits per heavy atom. The van der Waals surface area contributed by atoms with Crippen LogP contribution >= 0.6 is 22.9 Å². The summed E-state index contributed by atoms with van der Waals surface area (Å²) in [7, 11) is 0. The van der Waals surface area contributed by atoms with Gasteiger partial charge in [0.15, 0.2) is 0 Å². The number of hydrogen-bond donors (Lipinski definition) is 2. The van der Waals surface area contributed by atoms with Gasteiger partial charge in [0.2, 0.25) is 11.8 Å². The van der Waals surface area contributed by atoms with E-state index in [1.807, 2.05) is 13.0 Å². The maximum absolute atomic E-state index is 12.0. The Kier molecular flexibility index (Phi) is 5.58. The molecular formula is C11H16ClN3O2S. The molecule has 1 unspecified atom stereocenters. The van der Waals surface area contributed by atoms with E-state index in [0.717, 1.165) is 4.88 Å². The summed E-state index contributed by atoms with van der Waals surface area (Å²) in [6, 6.07) is 2.77. The minimum atomic E-state index is -0.877. The molecule has 0 aliphatic heterocycles. The van der Waals surface area contributed by atoms with E-state index in [9.17, 15) is 9.59 Å². The first-order valence-electron chi connectivity index (χ1n) is 5.51. The minimum Gasteiger partial charge on any atom is -0.370 e. The lowest BCUT2D eigenvalue weighted by Crippen LogP contribution is -2.45. The third-order valence-electron chi connectivity index (χ3n) is 2.41. The fourth-order valence-electron chi connectivity index (χ4n) is 1.51. The summed E-state index contributed by atoms with van der Waals surface area (Å²) >= 11 is 7.24. The summed E-state index contributed by atoms with van der Waals surface area (Å²) in [6.45, 7) is 2.81. The number of amides is 2. The number of nitrogens with zero attached hydrogens (tertiary/aromatic N) is 1. The largest absolute Gasteiger partial charge is 0.370 e. The van der Waals surface area contributed by atoms with Crippen molar-refractivity contribution >= 4 is 34.8 Å². The molecule has 0 saturated heterocycles. The lowest BCUT2D eigenvalue weighted by molar-refractivity contribution is -0.135. The number of hydrogen-bond acceptors (Lipinski definition) is 4. The van der Waals surface area contributed by atoms with Gasteiger partial charge in [0.25, 0.3) is 0 Å². The second kappa shape index (κ2) is 6.72. The summed E-state index contributed by atoms with van der Waals surface area (Å²) in [5, 5.41) is 0. The van der Waals surface area contributed by atoms with Gasteiger partial charge in [0.1, 0.15) is 0 Å². The fraction of sp³-hybridized carbons (Fsp3) is 0.455. The van der Waals surface area contributed by atoms with Crippen LogP contribution in [0.15, 0.2) is 12.1 Å². The highest BCUT2D eigenvalue weighted by Crippen LogP contribution is 2.22. The summed E-state index contributed by atoms with van der Waals surface area (Å²) in [4.78, 5) is 25.3. The molecule has 0 fully saturated rings. The molecule has 1 aromatic heterocycles. The van der Waals surface area contributed by atoms with Gasteiger partial charge in [-0.25, -0.2) is 0 Å². The molecule has 4 N–H and O–H groups in total. The topological polar surface area (TPSA) is 89.4 Å². The zero-order valence-corrected chi connectivity index (χ0v) is 11.6. The molecule has 0 aromatic carbocycles. The number of carbonyl (C=O) groups is 2. The maximum atomic E-state index is 12.0. The average molecular weight is 290 g/mol. The number of rotatable bonds is 6. The number of carbonyl (C=O) groups excluding carboxylic acids is 2. The van der Waals surface area contributed by atoms with E-state index in [2.05, 4.69) is 0 Å². The Labute approximate surface area is 115 Å². The van der Waals surface area contributed by atoms with Crippen LogP contribution in [0.5, 0.6) is 0 Å². The predicted molar refractivity (Wildman–Crippen MR) is 72.2 cm³/mol. The van der Waals surface area contributed by atoms with Crippen molar-refractivity contribution in [1.82, 2.24) is 4.90 Å². The number of likely N-dealkylation sites (N-methyl/N-ethyl adjacent to an activating group) is 1. The Morgan fingerprint density at radius 3 is 2.61 bits per heavy atom. The van der Waals surface area contributed by atoms with Crippen LogP contribution < -0.4 is 11.5 Å². The van der Waals surface area contributed by atoms with Crippen molar-refractivity contribution in [2.75, 3.05) is 6.54 Å². The molecule has 0 aliphatic rings. The number of halogens is 1. The van der Waals surface area contributed by atoms with Gasteiger partial charge in [-0.3, -0.25) is 9.59 Å². The van der Waals surface area contributed by atoms with Crippen LogP contribution in [0.2, 0.25) is 4.34 Å². The normalized spacial score (nSPS) is 12.2. The summed E-state index contributed by atoms with van der Waals surface area (Å²) in [5.74, 6) is -0.855. The maximum Gasteiger partial charge on any atom is 0.240 e. The van der Waals surface area contributed by atoms with Crippen LogP contribution in [0.25, 0.3) is 0 Å². The van der Waals surface area contributed by atoms with Gasteiger partial charge in [-0.1, -0.05) is 11.6 Å². The second-order valence-electron chi connectivity index (χ2n) is 3.84. The van der Waals surface area contributed by atoms with Crippen molar-refractivity contribution in [3.05, 3.63) is 21.3 Å². The van der Waals surface area contributed by atoms with Gasteiger partial charge in [-0.15, -0.1) is 11.3 Å². The molecule has 1 atom stereocenters. The van der Waals surface area contributed by atoms with E-state index in [-0.39, 0.29) is 12.3 Å². The smallest absolute Gasteiger partial charge is 0.240 e. The molecule has 0 aliphatic carbocycles. The fourth-order valence-corrected chi connectivity index (χ4v) is 2.61. The summed E-state index contributed by atoms with van der Waals surface area (Å²) < 4.78 is 0.676. The molecule has 18 heavy (non-hydrogen) atoms. The third kappa shape index (κ3) is 4.29. The zero-order valence-electron chi connectivity index (χ0n) is 10.1. The van der Waals surface area contributed by atoms with Crippen LogP contribution in [0.3, 0.4) is 0 Å². The van der Waals surface area contributed by atoms with Crippen LogP contribution in [0, 0.1) is 0 Å². The van der Waals surface area contributed by atoms with Crippen molar-refractivity contribution in [3.63, 3.8) is 0 Å². The predicted octanol–water partition coefficient (Wildman–Crippen LogP) is 0.953. The Hall–Kier alpha value is -1.11. The van der Waals surface area contributed by atoms with E-state index in [0.29, 0.717) is 17.4 Å². The third-order valence-corrected chi connectivity index (χ3v) is 3.62. The van der Waals surface area contributed by atoms with E-state index < -0.39 is 11.9 Å². The molecule has 1 aromatic rings. The monoisotopic (exact) mass is 289 g/mol. The average Bonchev–Trinajstić information content (AvgIpc) is 2.70. The molecule has 1 rings (SSSR count). The van der Waals surface area contributed by atoms with E-state index in [1.54, 1.807) is 11.0 Å². The van der Waals surface area contributed by atoms with Crippen molar-refractivity contribution in [2.24, 2.45) is 11.5 Å². The number of thiophene rings is 1. The first-order valence-corrected chi connectivity index (χ1v) is 6.70. The van der Waals surface area contributed by atoms with Crippen molar-refractivity contribution in [2.45, 2.75) is 25.9 Å². The first kappa shape index (κ1) is 14.9. The van der Waals surface area contributed by atoms with Crippen molar-refractivity contribution < 1.29 is 9.59 Å². The Morgan fingerprint density at radius 2 is 2.17 bits per heavy atom. The van der Waals surface area contributed by atoms with Crippen molar-refractivity contribution in [1.29, 1.82) is 0 Å². The number of primary amides is 1. The van der Waals surface area contributed by atoms with Gasteiger partial charge in [0.05, 0.1) is 23.3 Å². The second-order valence-corrected chi connectivity index (χ2v) is 5.63. The molecular weight excluding hydrogens is 274 g/mol. The van der Waals surface area contributed by atoms with E-state index >= 15 is 0 Å². The molecule has 0 bridgehead atoms. The van der Waals surface area contributed by atoms with Gasteiger partial charge in [-0.2, -0.15) is 0 Å². The molecule has 0 spiro atoms. The van der Waals surface area contributed by atoms with E-state index in [1.165, 1.54) is 11.3 Å². The first-order chi connectivity index (χ1) is 8.43. The molecule has 1 heterocycles. The Balaban J connectivity index is 2.65. The Bertz CT molecular complexity index is 436. The van der Waals surface area contributed by atoms with Gasteiger partial charge < -0.3 is 16.4 Å². The lowest BCUT2D eigenvalue weighted by Gasteiger charge is -2.23. The van der Waals surface area contributed by atoms with Crippen LogP contribution in [-0.4, -0.2) is 29.3 Å². The highest BCUT2D eigenvalue weighted by molar-refractivity contribution is 7.16. The van der Waals surface area contributed by atoms with Crippen LogP contribution in [0.1, 0.15) is 18.2 Å². The quantitative estimate of drug-likeness (QED) is 0.817. The molecule has 5 nitrogen and oxygen atoms in total. The number of nitrogens with two attached hydrogens (primary N) is 2. The summed E-state index contributed by atoms with van der Waals surface area (Å²) in [6.07, 6.45) is -0.138. The molecule has 7 heteroatoms. The van der Waals surface area contributed by atoms with E-state index in [4.69, 9.17) is 23.1 Å². The highest BCUT2D eigenvalue weighted by Gasteiger charge is 2.21. The van der Waals surface area contributed by atoms with Gasteiger partial charge >= 0.3 is 0 Å². The standard InChI is InChI=1S/C11H16ClN3O2S/c1-2-15(6-7-3-4-9(12)18-7)11(17)8(13)5-10(14)16/h3-4,8H,2,5-6,13H2,1H3,(H2,14,16). The zero-order chi connectivity index (χ0) is 13.7.